The summed E-state index contributed by atoms with van der Waals surface area (Å²) in [6.45, 7) is 5.20. The van der Waals surface area contributed by atoms with Crippen LogP contribution in [0.25, 0.3) is 0 Å². The molecule has 1 aromatic carbocycles. The maximum Gasteiger partial charge on any atom is 0.129 e. The van der Waals surface area contributed by atoms with E-state index in [1.54, 1.807) is 11.8 Å². The topological polar surface area (TPSA) is 32.3 Å². The second kappa shape index (κ2) is 7.96. The molecule has 1 aromatic rings. The number of thioether (sulfide) groups is 1. The number of aliphatic hydroxyl groups is 1. The highest BCUT2D eigenvalue weighted by molar-refractivity contribution is 8.00. The SMILES string of the molecule is CCC(CC)(CNCC(O)c1cc(F)ccc1F)SC. The van der Waals surface area contributed by atoms with Crippen molar-refractivity contribution >= 4 is 11.8 Å². The molecule has 0 fully saturated rings. The monoisotopic (exact) mass is 303 g/mol. The third-order valence-corrected chi connectivity index (χ3v) is 5.41. The molecule has 5 heteroatoms. The van der Waals surface area contributed by atoms with E-state index in [1.165, 1.54) is 0 Å². The van der Waals surface area contributed by atoms with Crippen molar-refractivity contribution in [3.8, 4) is 0 Å². The predicted octanol–water partition coefficient (Wildman–Crippen LogP) is 3.51. The van der Waals surface area contributed by atoms with Gasteiger partial charge in [0.05, 0.1) is 6.10 Å². The summed E-state index contributed by atoms with van der Waals surface area (Å²) in [6.07, 6.45) is 3.06. The number of halogens is 2. The van der Waals surface area contributed by atoms with Crippen LogP contribution in [0.2, 0.25) is 0 Å². The fourth-order valence-electron chi connectivity index (χ4n) is 2.18. The number of rotatable bonds is 8. The zero-order valence-electron chi connectivity index (χ0n) is 12.2. The van der Waals surface area contributed by atoms with E-state index in [2.05, 4.69) is 25.4 Å². The smallest absolute Gasteiger partial charge is 0.129 e. The first kappa shape index (κ1) is 17.4. The second-order valence-electron chi connectivity index (χ2n) is 4.91. The molecule has 2 N–H and O–H groups in total. The van der Waals surface area contributed by atoms with Gasteiger partial charge in [0.2, 0.25) is 0 Å². The zero-order valence-corrected chi connectivity index (χ0v) is 13.1. The van der Waals surface area contributed by atoms with E-state index in [1.807, 2.05) is 0 Å². The van der Waals surface area contributed by atoms with E-state index in [-0.39, 0.29) is 16.9 Å². The lowest BCUT2D eigenvalue weighted by atomic mass is 10.0. The molecule has 2 nitrogen and oxygen atoms in total. The van der Waals surface area contributed by atoms with Gasteiger partial charge in [-0.05, 0) is 37.3 Å². The van der Waals surface area contributed by atoms with Gasteiger partial charge in [-0.1, -0.05) is 13.8 Å². The lowest BCUT2D eigenvalue weighted by Crippen LogP contribution is -2.38. The Hall–Kier alpha value is -0.650. The van der Waals surface area contributed by atoms with Crippen LogP contribution < -0.4 is 5.32 Å². The van der Waals surface area contributed by atoms with E-state index in [0.29, 0.717) is 0 Å². The van der Waals surface area contributed by atoms with Gasteiger partial charge in [-0.25, -0.2) is 8.78 Å². The van der Waals surface area contributed by atoms with Gasteiger partial charge in [-0.3, -0.25) is 0 Å². The van der Waals surface area contributed by atoms with E-state index in [4.69, 9.17) is 0 Å². The van der Waals surface area contributed by atoms with E-state index >= 15 is 0 Å². The summed E-state index contributed by atoms with van der Waals surface area (Å²) in [6, 6.07) is 3.13. The van der Waals surface area contributed by atoms with Gasteiger partial charge in [0.1, 0.15) is 11.6 Å². The molecular formula is C15H23F2NOS. The summed E-state index contributed by atoms with van der Waals surface area (Å²) < 4.78 is 26.7. The maximum absolute atomic E-state index is 13.5. The average Bonchev–Trinajstić information content (AvgIpc) is 2.46. The minimum absolute atomic E-state index is 0.000230. The van der Waals surface area contributed by atoms with Crippen LogP contribution in [0.4, 0.5) is 8.78 Å². The van der Waals surface area contributed by atoms with Crippen LogP contribution in [-0.4, -0.2) is 29.2 Å². The number of hydrogen-bond donors (Lipinski definition) is 2. The van der Waals surface area contributed by atoms with Crippen LogP contribution in [0, 0.1) is 11.6 Å². The first-order valence-corrected chi connectivity index (χ1v) is 8.09. The molecule has 0 saturated heterocycles. The highest BCUT2D eigenvalue weighted by atomic mass is 32.2. The summed E-state index contributed by atoms with van der Waals surface area (Å²) in [4.78, 5) is 0. The van der Waals surface area contributed by atoms with Gasteiger partial charge in [0.25, 0.3) is 0 Å². The Morgan fingerprint density at radius 2 is 1.95 bits per heavy atom. The highest BCUT2D eigenvalue weighted by Crippen LogP contribution is 2.29. The predicted molar refractivity (Wildman–Crippen MR) is 81.0 cm³/mol. The van der Waals surface area contributed by atoms with E-state index < -0.39 is 17.7 Å². The lowest BCUT2D eigenvalue weighted by molar-refractivity contribution is 0.168. The number of aliphatic hydroxyl groups excluding tert-OH is 1. The quantitative estimate of drug-likeness (QED) is 0.771. The molecule has 0 aromatic heterocycles. The van der Waals surface area contributed by atoms with Crippen LogP contribution in [0.1, 0.15) is 38.4 Å². The number of nitrogens with one attached hydrogen (secondary N) is 1. The third-order valence-electron chi connectivity index (χ3n) is 3.82. The molecule has 0 saturated carbocycles. The zero-order chi connectivity index (χ0) is 15.2. The molecule has 0 aliphatic carbocycles. The molecule has 0 radical (unpaired) electrons. The Kier molecular flexibility index (Phi) is 6.92. The van der Waals surface area contributed by atoms with Gasteiger partial charge in [0.15, 0.2) is 0 Å². The molecule has 0 amide bonds. The van der Waals surface area contributed by atoms with Crippen LogP contribution >= 0.6 is 11.8 Å². The molecule has 0 bridgehead atoms. The normalized spacial score (nSPS) is 13.5. The van der Waals surface area contributed by atoms with Crippen molar-refractivity contribution in [3.63, 3.8) is 0 Å². The first-order chi connectivity index (χ1) is 9.48. The fourth-order valence-corrected chi connectivity index (χ4v) is 3.00. The van der Waals surface area contributed by atoms with Crippen molar-refractivity contribution in [2.45, 2.75) is 37.5 Å². The van der Waals surface area contributed by atoms with Gasteiger partial charge >= 0.3 is 0 Å². The summed E-state index contributed by atoms with van der Waals surface area (Å²) in [5.41, 5.74) is 0.000230. The molecule has 1 rings (SSSR count). The molecule has 1 atom stereocenters. The Labute approximate surface area is 124 Å². The molecular weight excluding hydrogens is 280 g/mol. The van der Waals surface area contributed by atoms with Crippen LogP contribution in [-0.2, 0) is 0 Å². The maximum atomic E-state index is 13.5. The largest absolute Gasteiger partial charge is 0.387 e. The molecule has 1 unspecified atom stereocenters. The second-order valence-corrected chi connectivity index (χ2v) is 6.18. The minimum atomic E-state index is -1.04. The number of benzene rings is 1. The highest BCUT2D eigenvalue weighted by Gasteiger charge is 2.24. The molecule has 114 valence electrons. The Bertz CT molecular complexity index is 416. The summed E-state index contributed by atoms with van der Waals surface area (Å²) >= 11 is 1.79. The molecule has 0 aliphatic heterocycles. The van der Waals surface area contributed by atoms with Crippen LogP contribution in [0.5, 0.6) is 0 Å². The van der Waals surface area contributed by atoms with E-state index in [9.17, 15) is 13.9 Å². The average molecular weight is 303 g/mol. The molecule has 0 heterocycles. The van der Waals surface area contributed by atoms with Gasteiger partial charge < -0.3 is 10.4 Å². The molecule has 0 aliphatic rings. The van der Waals surface area contributed by atoms with Gasteiger partial charge in [-0.2, -0.15) is 11.8 Å². The summed E-state index contributed by atoms with van der Waals surface area (Å²) in [5, 5.41) is 13.1. The summed E-state index contributed by atoms with van der Waals surface area (Å²) in [7, 11) is 0. The van der Waals surface area contributed by atoms with E-state index in [0.717, 1.165) is 37.6 Å². The van der Waals surface area contributed by atoms with Crippen molar-refractivity contribution in [2.24, 2.45) is 0 Å². The van der Waals surface area contributed by atoms with Crippen LogP contribution in [0.15, 0.2) is 18.2 Å². The fraction of sp³-hybridized carbons (Fsp3) is 0.600. The van der Waals surface area contributed by atoms with Crippen molar-refractivity contribution in [1.29, 1.82) is 0 Å². The summed E-state index contributed by atoms with van der Waals surface area (Å²) in [5.74, 6) is -1.12. The van der Waals surface area contributed by atoms with Crippen LogP contribution in [0.3, 0.4) is 0 Å². The van der Waals surface area contributed by atoms with Crippen molar-refractivity contribution in [3.05, 3.63) is 35.4 Å². The van der Waals surface area contributed by atoms with Gasteiger partial charge in [-0.15, -0.1) is 0 Å². The standard InChI is InChI=1S/C15H23F2NOS/c1-4-15(5-2,20-3)10-18-9-14(19)12-8-11(16)6-7-13(12)17/h6-8,14,18-19H,4-5,9-10H2,1-3H3. The Balaban J connectivity index is 2.59. The van der Waals surface area contributed by atoms with Crippen molar-refractivity contribution in [1.82, 2.24) is 5.32 Å². The lowest BCUT2D eigenvalue weighted by Gasteiger charge is -2.30. The first-order valence-electron chi connectivity index (χ1n) is 6.87. The Morgan fingerprint density at radius 1 is 1.30 bits per heavy atom. The van der Waals surface area contributed by atoms with Gasteiger partial charge in [0, 0.05) is 23.4 Å². The molecule has 20 heavy (non-hydrogen) atoms. The van der Waals surface area contributed by atoms with Crippen molar-refractivity contribution in [2.75, 3.05) is 19.3 Å². The number of hydrogen-bond acceptors (Lipinski definition) is 3. The molecule has 0 spiro atoms. The van der Waals surface area contributed by atoms with Crippen molar-refractivity contribution < 1.29 is 13.9 Å². The minimum Gasteiger partial charge on any atom is -0.387 e. The Morgan fingerprint density at radius 3 is 2.50 bits per heavy atom. The third kappa shape index (κ3) is 4.43.